The van der Waals surface area contributed by atoms with Crippen molar-refractivity contribution in [2.45, 2.75) is 44.8 Å². The summed E-state index contributed by atoms with van der Waals surface area (Å²) in [5.41, 5.74) is 0.642. The van der Waals surface area contributed by atoms with Gasteiger partial charge in [-0.1, -0.05) is 6.42 Å². The summed E-state index contributed by atoms with van der Waals surface area (Å²) >= 11 is 0. The van der Waals surface area contributed by atoms with Crippen LogP contribution in [0.3, 0.4) is 0 Å². The third-order valence-corrected chi connectivity index (χ3v) is 4.06. The number of nitrogens with zero attached hydrogens (tertiary/aromatic N) is 1. The summed E-state index contributed by atoms with van der Waals surface area (Å²) in [4.78, 5) is 2.37. The van der Waals surface area contributed by atoms with Gasteiger partial charge in [0.1, 0.15) is 11.6 Å². The molecule has 1 fully saturated rings. The van der Waals surface area contributed by atoms with Gasteiger partial charge in [0.25, 0.3) is 0 Å². The van der Waals surface area contributed by atoms with Gasteiger partial charge in [0, 0.05) is 17.7 Å². The Kier molecular flexibility index (Phi) is 5.38. The standard InChI is InChI=1S/C16H24FNO2/c1-12(19)15-7-6-13(17)11-16(15)20-10-8-14-5-3-4-9-18(14)2/h6-7,11-12,14,19H,3-5,8-10H2,1-2H3. The Labute approximate surface area is 120 Å². The molecule has 1 aromatic rings. The highest BCUT2D eigenvalue weighted by Gasteiger charge is 2.19. The van der Waals surface area contributed by atoms with Gasteiger partial charge in [0.15, 0.2) is 0 Å². The first kappa shape index (κ1) is 15.3. The average Bonchev–Trinajstić information content (AvgIpc) is 2.41. The Morgan fingerprint density at radius 2 is 2.25 bits per heavy atom. The van der Waals surface area contributed by atoms with Gasteiger partial charge in [-0.25, -0.2) is 4.39 Å². The van der Waals surface area contributed by atoms with E-state index in [9.17, 15) is 9.50 Å². The van der Waals surface area contributed by atoms with E-state index in [2.05, 4.69) is 11.9 Å². The number of aliphatic hydroxyl groups excluding tert-OH is 1. The van der Waals surface area contributed by atoms with Gasteiger partial charge >= 0.3 is 0 Å². The molecule has 1 N–H and O–H groups in total. The van der Waals surface area contributed by atoms with Crippen LogP contribution < -0.4 is 4.74 Å². The van der Waals surface area contributed by atoms with Crippen molar-refractivity contribution in [2.24, 2.45) is 0 Å². The van der Waals surface area contributed by atoms with Crippen molar-refractivity contribution in [1.29, 1.82) is 0 Å². The number of ether oxygens (including phenoxy) is 1. The monoisotopic (exact) mass is 281 g/mol. The van der Waals surface area contributed by atoms with Crippen LogP contribution in [-0.4, -0.2) is 36.2 Å². The molecule has 0 amide bonds. The summed E-state index contributed by atoms with van der Waals surface area (Å²) in [5.74, 6) is 0.123. The van der Waals surface area contributed by atoms with Crippen molar-refractivity contribution >= 4 is 0 Å². The molecule has 1 aliphatic heterocycles. The number of halogens is 1. The quantitative estimate of drug-likeness (QED) is 0.900. The number of piperidine rings is 1. The number of benzene rings is 1. The van der Waals surface area contributed by atoms with Crippen LogP contribution in [0.4, 0.5) is 4.39 Å². The van der Waals surface area contributed by atoms with Crippen LogP contribution in [0.25, 0.3) is 0 Å². The predicted molar refractivity (Wildman–Crippen MR) is 77.4 cm³/mol. The highest BCUT2D eigenvalue weighted by molar-refractivity contribution is 5.35. The number of rotatable bonds is 5. The van der Waals surface area contributed by atoms with Crippen LogP contribution in [0.2, 0.25) is 0 Å². The molecule has 0 radical (unpaired) electrons. The van der Waals surface area contributed by atoms with E-state index in [-0.39, 0.29) is 5.82 Å². The zero-order valence-electron chi connectivity index (χ0n) is 12.3. The van der Waals surface area contributed by atoms with Gasteiger partial charge in [-0.15, -0.1) is 0 Å². The van der Waals surface area contributed by atoms with E-state index in [0.29, 0.717) is 24.0 Å². The first-order valence-electron chi connectivity index (χ1n) is 7.38. The first-order valence-corrected chi connectivity index (χ1v) is 7.38. The van der Waals surface area contributed by atoms with Gasteiger partial charge in [0.05, 0.1) is 12.7 Å². The zero-order chi connectivity index (χ0) is 14.5. The van der Waals surface area contributed by atoms with Gasteiger partial charge in [-0.3, -0.25) is 0 Å². The molecule has 1 saturated heterocycles. The lowest BCUT2D eigenvalue weighted by molar-refractivity contribution is 0.149. The maximum absolute atomic E-state index is 13.3. The molecular formula is C16H24FNO2. The van der Waals surface area contributed by atoms with Gasteiger partial charge in [0.2, 0.25) is 0 Å². The average molecular weight is 281 g/mol. The number of hydrogen-bond donors (Lipinski definition) is 1. The molecule has 2 rings (SSSR count). The van der Waals surface area contributed by atoms with E-state index in [0.717, 1.165) is 13.0 Å². The molecule has 3 nitrogen and oxygen atoms in total. The fraction of sp³-hybridized carbons (Fsp3) is 0.625. The van der Waals surface area contributed by atoms with Crippen molar-refractivity contribution in [3.05, 3.63) is 29.6 Å². The third kappa shape index (κ3) is 3.93. The normalized spacial score (nSPS) is 21.7. The first-order chi connectivity index (χ1) is 9.58. The lowest BCUT2D eigenvalue weighted by Crippen LogP contribution is -2.37. The molecule has 112 valence electrons. The van der Waals surface area contributed by atoms with Crippen molar-refractivity contribution < 1.29 is 14.2 Å². The SMILES string of the molecule is CC(O)c1ccc(F)cc1OCCC1CCCCN1C. The van der Waals surface area contributed by atoms with Crippen LogP contribution >= 0.6 is 0 Å². The molecule has 0 aliphatic carbocycles. The van der Waals surface area contributed by atoms with Crippen molar-refractivity contribution in [2.75, 3.05) is 20.2 Å². The zero-order valence-corrected chi connectivity index (χ0v) is 12.3. The van der Waals surface area contributed by atoms with Crippen molar-refractivity contribution in [3.8, 4) is 5.75 Å². The van der Waals surface area contributed by atoms with E-state index in [1.165, 1.54) is 31.4 Å². The molecule has 0 spiro atoms. The minimum atomic E-state index is -0.650. The fourth-order valence-electron chi connectivity index (χ4n) is 2.79. The lowest BCUT2D eigenvalue weighted by Gasteiger charge is -2.32. The summed E-state index contributed by atoms with van der Waals surface area (Å²) in [6, 6.07) is 4.84. The van der Waals surface area contributed by atoms with E-state index >= 15 is 0 Å². The molecule has 1 heterocycles. The Hall–Kier alpha value is -1.13. The molecule has 0 aromatic heterocycles. The molecule has 2 atom stereocenters. The van der Waals surface area contributed by atoms with Crippen LogP contribution in [-0.2, 0) is 0 Å². The summed E-state index contributed by atoms with van der Waals surface area (Å²) in [5, 5.41) is 9.67. The predicted octanol–water partition coefficient (Wildman–Crippen LogP) is 3.13. The third-order valence-electron chi connectivity index (χ3n) is 4.06. The summed E-state index contributed by atoms with van der Waals surface area (Å²) in [6.45, 7) is 3.36. The smallest absolute Gasteiger partial charge is 0.127 e. The second kappa shape index (κ2) is 7.04. The fourth-order valence-corrected chi connectivity index (χ4v) is 2.79. The largest absolute Gasteiger partial charge is 0.493 e. The molecule has 20 heavy (non-hydrogen) atoms. The molecule has 0 bridgehead atoms. The Morgan fingerprint density at radius 3 is 2.95 bits per heavy atom. The van der Waals surface area contributed by atoms with Gasteiger partial charge in [-0.05, 0) is 51.9 Å². The summed E-state index contributed by atoms with van der Waals surface area (Å²) < 4.78 is 19.0. The highest BCUT2D eigenvalue weighted by Crippen LogP contribution is 2.26. The lowest BCUT2D eigenvalue weighted by atomic mass is 10.0. The van der Waals surface area contributed by atoms with E-state index < -0.39 is 6.10 Å². The molecule has 1 aliphatic rings. The summed E-state index contributed by atoms with van der Waals surface area (Å²) in [6.07, 6.45) is 4.03. The van der Waals surface area contributed by atoms with Gasteiger partial charge in [-0.2, -0.15) is 0 Å². The topological polar surface area (TPSA) is 32.7 Å². The second-order valence-electron chi connectivity index (χ2n) is 5.63. The van der Waals surface area contributed by atoms with E-state index in [1.807, 2.05) is 0 Å². The Morgan fingerprint density at radius 1 is 1.45 bits per heavy atom. The Balaban J connectivity index is 1.91. The van der Waals surface area contributed by atoms with Crippen molar-refractivity contribution in [1.82, 2.24) is 4.90 Å². The van der Waals surface area contributed by atoms with Crippen LogP contribution in [0, 0.1) is 5.82 Å². The molecular weight excluding hydrogens is 257 g/mol. The molecule has 2 unspecified atom stereocenters. The molecule has 0 saturated carbocycles. The minimum absolute atomic E-state index is 0.334. The van der Waals surface area contributed by atoms with E-state index in [4.69, 9.17) is 4.74 Å². The van der Waals surface area contributed by atoms with Crippen molar-refractivity contribution in [3.63, 3.8) is 0 Å². The Bertz CT molecular complexity index is 436. The number of hydrogen-bond acceptors (Lipinski definition) is 3. The summed E-state index contributed by atoms with van der Waals surface area (Å²) in [7, 11) is 2.15. The minimum Gasteiger partial charge on any atom is -0.493 e. The van der Waals surface area contributed by atoms with Gasteiger partial charge < -0.3 is 14.7 Å². The maximum Gasteiger partial charge on any atom is 0.127 e. The van der Waals surface area contributed by atoms with E-state index in [1.54, 1.807) is 13.0 Å². The highest BCUT2D eigenvalue weighted by atomic mass is 19.1. The number of aliphatic hydroxyl groups is 1. The van der Waals surface area contributed by atoms with Crippen LogP contribution in [0.1, 0.15) is 44.3 Å². The molecule has 4 heteroatoms. The van der Waals surface area contributed by atoms with Crippen LogP contribution in [0.15, 0.2) is 18.2 Å². The maximum atomic E-state index is 13.3. The van der Waals surface area contributed by atoms with Crippen LogP contribution in [0.5, 0.6) is 5.75 Å². The second-order valence-corrected chi connectivity index (χ2v) is 5.63. The molecule has 1 aromatic carbocycles. The number of likely N-dealkylation sites (tertiary alicyclic amines) is 1.